The molecule has 0 radical (unpaired) electrons. The summed E-state index contributed by atoms with van der Waals surface area (Å²) < 4.78 is 34.2. The Hall–Kier alpha value is -2.49. The number of hydrogen-bond acceptors (Lipinski definition) is 5. The van der Waals surface area contributed by atoms with Crippen molar-refractivity contribution in [2.24, 2.45) is 0 Å². The number of rotatable bonds is 3. The predicted octanol–water partition coefficient (Wildman–Crippen LogP) is 4.31. The van der Waals surface area contributed by atoms with Gasteiger partial charge in [-0.2, -0.15) is 4.31 Å². The van der Waals surface area contributed by atoms with Gasteiger partial charge in [-0.25, -0.2) is 13.2 Å². The van der Waals surface area contributed by atoms with Crippen LogP contribution in [0.4, 0.5) is 10.5 Å². The van der Waals surface area contributed by atoms with Crippen molar-refractivity contribution in [3.63, 3.8) is 0 Å². The molecule has 3 aromatic rings. The van der Waals surface area contributed by atoms with Crippen molar-refractivity contribution in [3.8, 4) is 0 Å². The summed E-state index contributed by atoms with van der Waals surface area (Å²) in [7, 11) is -3.62. The van der Waals surface area contributed by atoms with Crippen LogP contribution in [0.5, 0.6) is 0 Å². The molecule has 31 heavy (non-hydrogen) atoms. The van der Waals surface area contributed by atoms with Gasteiger partial charge in [0.1, 0.15) is 6.61 Å². The molecule has 0 unspecified atom stereocenters. The molecule has 0 N–H and O–H groups in total. The number of amides is 1. The van der Waals surface area contributed by atoms with Gasteiger partial charge in [-0.3, -0.25) is 9.88 Å². The second kappa shape index (κ2) is 7.89. The lowest BCUT2D eigenvalue weighted by atomic mass is 10.0. The van der Waals surface area contributed by atoms with E-state index >= 15 is 0 Å². The minimum atomic E-state index is -3.62. The summed E-state index contributed by atoms with van der Waals surface area (Å²) in [4.78, 5) is 18.7. The first-order chi connectivity index (χ1) is 14.9. The van der Waals surface area contributed by atoms with Crippen molar-refractivity contribution < 1.29 is 17.9 Å². The molecule has 1 fully saturated rings. The molecule has 5 rings (SSSR count). The number of hydrogen-bond donors (Lipinski definition) is 0. The molecule has 0 atom stereocenters. The Kier molecular flexibility index (Phi) is 5.19. The number of carbonyl (C=O) groups excluding carboxylic acids is 1. The van der Waals surface area contributed by atoms with E-state index in [9.17, 15) is 13.2 Å². The first-order valence-corrected chi connectivity index (χ1v) is 12.3. The fourth-order valence-corrected chi connectivity index (χ4v) is 6.18. The van der Waals surface area contributed by atoms with E-state index in [0.717, 1.165) is 26.6 Å². The number of fused-ring (bicyclic) bond motifs is 2. The third kappa shape index (κ3) is 3.71. The van der Waals surface area contributed by atoms with Crippen LogP contribution in [0.15, 0.2) is 64.1 Å². The second-order valence-electron chi connectivity index (χ2n) is 7.69. The van der Waals surface area contributed by atoms with Crippen LogP contribution < -0.4 is 4.90 Å². The van der Waals surface area contributed by atoms with Gasteiger partial charge >= 0.3 is 6.09 Å². The predicted molar refractivity (Wildman–Crippen MR) is 120 cm³/mol. The van der Waals surface area contributed by atoms with Gasteiger partial charge in [0, 0.05) is 40.8 Å². The highest BCUT2D eigenvalue weighted by molar-refractivity contribution is 9.10. The first kappa shape index (κ1) is 20.4. The molecule has 0 spiro atoms. The maximum Gasteiger partial charge on any atom is 0.414 e. The Morgan fingerprint density at radius 3 is 2.68 bits per heavy atom. The van der Waals surface area contributed by atoms with Gasteiger partial charge in [0.2, 0.25) is 10.0 Å². The molecule has 2 aromatic carbocycles. The zero-order valence-corrected chi connectivity index (χ0v) is 19.0. The van der Waals surface area contributed by atoms with Crippen molar-refractivity contribution in [1.82, 2.24) is 9.29 Å². The summed E-state index contributed by atoms with van der Waals surface area (Å²) in [5.74, 6) is 0. The lowest BCUT2D eigenvalue weighted by Crippen LogP contribution is -2.50. The van der Waals surface area contributed by atoms with E-state index in [4.69, 9.17) is 4.74 Å². The molecule has 2 aliphatic heterocycles. The molecule has 9 heteroatoms. The maximum atomic E-state index is 13.2. The molecule has 0 aliphatic carbocycles. The zero-order chi connectivity index (χ0) is 21.6. The van der Waals surface area contributed by atoms with Crippen LogP contribution >= 0.6 is 15.9 Å². The van der Waals surface area contributed by atoms with Gasteiger partial charge in [-0.1, -0.05) is 22.0 Å². The Labute approximate surface area is 188 Å². The van der Waals surface area contributed by atoms with E-state index in [1.807, 2.05) is 24.3 Å². The third-order valence-electron chi connectivity index (χ3n) is 5.85. The van der Waals surface area contributed by atoms with Crippen LogP contribution in [0.1, 0.15) is 18.4 Å². The van der Waals surface area contributed by atoms with Gasteiger partial charge in [0.15, 0.2) is 0 Å². The van der Waals surface area contributed by atoms with Crippen LogP contribution in [0, 0.1) is 0 Å². The fraction of sp³-hybridized carbons (Fsp3) is 0.273. The van der Waals surface area contributed by atoms with E-state index < -0.39 is 10.0 Å². The molecule has 2 aliphatic rings. The highest BCUT2D eigenvalue weighted by Gasteiger charge is 2.37. The summed E-state index contributed by atoms with van der Waals surface area (Å²) >= 11 is 3.45. The van der Waals surface area contributed by atoms with E-state index in [0.29, 0.717) is 25.9 Å². The van der Waals surface area contributed by atoms with Crippen molar-refractivity contribution >= 4 is 48.6 Å². The molecule has 0 bridgehead atoms. The number of aromatic nitrogens is 1. The number of sulfonamides is 1. The number of nitrogens with zero attached hydrogens (tertiary/aromatic N) is 3. The Morgan fingerprint density at radius 1 is 1.06 bits per heavy atom. The Balaban J connectivity index is 1.36. The van der Waals surface area contributed by atoms with Gasteiger partial charge in [0.25, 0.3) is 0 Å². The Bertz CT molecular complexity index is 1270. The number of anilines is 1. The smallest absolute Gasteiger partial charge is 0.414 e. The van der Waals surface area contributed by atoms with E-state index in [1.54, 1.807) is 35.4 Å². The second-order valence-corrected chi connectivity index (χ2v) is 10.5. The zero-order valence-electron chi connectivity index (χ0n) is 16.6. The topological polar surface area (TPSA) is 79.8 Å². The van der Waals surface area contributed by atoms with Crippen LogP contribution in [0.25, 0.3) is 10.9 Å². The molecular weight excluding hydrogens is 482 g/mol. The van der Waals surface area contributed by atoms with Crippen LogP contribution in [-0.2, 0) is 21.4 Å². The quantitative estimate of drug-likeness (QED) is 0.534. The minimum absolute atomic E-state index is 0.111. The number of pyridine rings is 1. The van der Waals surface area contributed by atoms with Crippen molar-refractivity contribution in [3.05, 3.63) is 64.8 Å². The minimum Gasteiger partial charge on any atom is -0.444 e. The Morgan fingerprint density at radius 2 is 1.87 bits per heavy atom. The molecule has 1 saturated heterocycles. The van der Waals surface area contributed by atoms with Crippen LogP contribution in [0.3, 0.4) is 0 Å². The summed E-state index contributed by atoms with van der Waals surface area (Å²) in [6, 6.07) is 14.3. The molecule has 7 nitrogen and oxygen atoms in total. The standard InChI is InChI=1S/C22H20BrN3O4S/c23-17-3-6-21-16(12-17)14-30-22(27)26(21)18-7-10-25(11-8-18)31(28,29)19-4-5-20-15(13-19)2-1-9-24-20/h1-6,9,12-13,18H,7-8,10-11,14H2. The molecule has 160 valence electrons. The van der Waals surface area contributed by atoms with Crippen LogP contribution in [0.2, 0.25) is 0 Å². The molecule has 0 saturated carbocycles. The molecule has 1 amide bonds. The van der Waals surface area contributed by atoms with Gasteiger partial charge in [0.05, 0.1) is 16.1 Å². The van der Waals surface area contributed by atoms with Crippen molar-refractivity contribution in [2.75, 3.05) is 18.0 Å². The summed E-state index contributed by atoms with van der Waals surface area (Å²) in [5, 5.41) is 0.789. The van der Waals surface area contributed by atoms with Crippen molar-refractivity contribution in [2.45, 2.75) is 30.4 Å². The molecule has 3 heterocycles. The highest BCUT2D eigenvalue weighted by Crippen LogP contribution is 2.34. The summed E-state index contributed by atoms with van der Waals surface area (Å²) in [6.07, 6.45) is 2.39. The fourth-order valence-electron chi connectivity index (χ4n) is 4.26. The van der Waals surface area contributed by atoms with Gasteiger partial charge in [-0.05, 0) is 55.3 Å². The lowest BCUT2D eigenvalue weighted by Gasteiger charge is -2.39. The number of carbonyl (C=O) groups is 1. The number of cyclic esters (lactones) is 1. The lowest BCUT2D eigenvalue weighted by molar-refractivity contribution is 0.135. The van der Waals surface area contributed by atoms with Gasteiger partial charge < -0.3 is 4.74 Å². The largest absolute Gasteiger partial charge is 0.444 e. The number of halogens is 1. The molecule has 1 aromatic heterocycles. The highest BCUT2D eigenvalue weighted by atomic mass is 79.9. The number of benzene rings is 2. The number of ether oxygens (including phenoxy) is 1. The first-order valence-electron chi connectivity index (χ1n) is 10.0. The normalized spacial score (nSPS) is 18.1. The average Bonchev–Trinajstić information content (AvgIpc) is 2.79. The SMILES string of the molecule is O=C1OCc2cc(Br)ccc2N1C1CCN(S(=O)(=O)c2ccc3ncccc3c2)CC1. The average molecular weight is 502 g/mol. The van der Waals surface area contributed by atoms with E-state index in [2.05, 4.69) is 20.9 Å². The third-order valence-corrected chi connectivity index (χ3v) is 8.24. The maximum absolute atomic E-state index is 13.2. The van der Waals surface area contributed by atoms with Crippen molar-refractivity contribution in [1.29, 1.82) is 0 Å². The monoisotopic (exact) mass is 501 g/mol. The number of piperidine rings is 1. The van der Waals surface area contributed by atoms with E-state index in [1.165, 1.54) is 4.31 Å². The molecular formula is C22H20BrN3O4S. The van der Waals surface area contributed by atoms with Crippen LogP contribution in [-0.4, -0.2) is 42.9 Å². The summed E-state index contributed by atoms with van der Waals surface area (Å²) in [5.41, 5.74) is 2.53. The van der Waals surface area contributed by atoms with Gasteiger partial charge in [-0.15, -0.1) is 0 Å². The van der Waals surface area contributed by atoms with E-state index in [-0.39, 0.29) is 23.6 Å². The summed E-state index contributed by atoms with van der Waals surface area (Å²) in [6.45, 7) is 0.926.